The predicted molar refractivity (Wildman–Crippen MR) is 53.0 cm³/mol. The van der Waals surface area contributed by atoms with Crippen molar-refractivity contribution in [2.75, 3.05) is 25.6 Å². The maximum atomic E-state index is 9.33. The highest BCUT2D eigenvalue weighted by molar-refractivity contribution is 5.30. The largest absolute Gasteiger partial charge is 0.391 e. The van der Waals surface area contributed by atoms with Crippen molar-refractivity contribution >= 4 is 5.82 Å². The first kappa shape index (κ1) is 10.9. The maximum Gasteiger partial charge on any atom is 0.148 e. The molecule has 0 aliphatic heterocycles. The highest BCUT2D eigenvalue weighted by atomic mass is 16.5. The number of nitrogens with zero attached hydrogens (tertiary/aromatic N) is 2. The third kappa shape index (κ3) is 4.15. The standard InChI is InChI=1S/C9H15N3O2/c1-14-7-8(13)4-6-10-9-3-2-5-11-12-9/h2-3,5,8,13H,4,6-7H2,1H3,(H,10,12). The molecule has 0 aliphatic carbocycles. The van der Waals surface area contributed by atoms with E-state index in [4.69, 9.17) is 4.74 Å². The van der Waals surface area contributed by atoms with E-state index in [1.54, 1.807) is 19.4 Å². The quantitative estimate of drug-likeness (QED) is 0.686. The lowest BCUT2D eigenvalue weighted by atomic mass is 10.2. The Hall–Kier alpha value is -1.20. The van der Waals surface area contributed by atoms with E-state index in [9.17, 15) is 5.11 Å². The Morgan fingerprint density at radius 3 is 3.14 bits per heavy atom. The van der Waals surface area contributed by atoms with E-state index < -0.39 is 6.10 Å². The molecule has 1 aromatic rings. The summed E-state index contributed by atoms with van der Waals surface area (Å²) in [6.07, 6.45) is 1.82. The van der Waals surface area contributed by atoms with E-state index in [2.05, 4.69) is 15.5 Å². The van der Waals surface area contributed by atoms with Crippen molar-refractivity contribution in [2.45, 2.75) is 12.5 Å². The molecule has 5 nitrogen and oxygen atoms in total. The number of methoxy groups -OCH3 is 1. The second-order valence-electron chi connectivity index (χ2n) is 2.93. The topological polar surface area (TPSA) is 67.3 Å². The van der Waals surface area contributed by atoms with Crippen LogP contribution in [0.2, 0.25) is 0 Å². The Labute approximate surface area is 83.1 Å². The minimum atomic E-state index is -0.427. The van der Waals surface area contributed by atoms with E-state index in [1.165, 1.54) is 0 Å². The normalized spacial score (nSPS) is 12.4. The number of aliphatic hydroxyl groups is 1. The Balaban J connectivity index is 2.16. The number of rotatable bonds is 6. The summed E-state index contributed by atoms with van der Waals surface area (Å²) >= 11 is 0. The zero-order chi connectivity index (χ0) is 10.2. The number of hydrogen-bond acceptors (Lipinski definition) is 5. The molecule has 5 heteroatoms. The van der Waals surface area contributed by atoms with Crippen molar-refractivity contribution in [3.8, 4) is 0 Å². The lowest BCUT2D eigenvalue weighted by Gasteiger charge is -2.09. The molecule has 1 rings (SSSR count). The third-order valence-corrected chi connectivity index (χ3v) is 1.72. The van der Waals surface area contributed by atoms with Crippen molar-refractivity contribution in [1.29, 1.82) is 0 Å². The molecule has 0 saturated carbocycles. The Kier molecular flexibility index (Phi) is 4.88. The maximum absolute atomic E-state index is 9.33. The molecule has 0 aliphatic rings. The second-order valence-corrected chi connectivity index (χ2v) is 2.93. The van der Waals surface area contributed by atoms with Crippen LogP contribution < -0.4 is 5.32 Å². The van der Waals surface area contributed by atoms with Gasteiger partial charge in [0.15, 0.2) is 0 Å². The van der Waals surface area contributed by atoms with Gasteiger partial charge in [-0.2, -0.15) is 5.10 Å². The first-order valence-corrected chi connectivity index (χ1v) is 4.51. The molecule has 0 aromatic carbocycles. The van der Waals surface area contributed by atoms with Gasteiger partial charge in [-0.15, -0.1) is 5.10 Å². The minimum Gasteiger partial charge on any atom is -0.391 e. The van der Waals surface area contributed by atoms with Crippen LogP contribution >= 0.6 is 0 Å². The molecule has 2 N–H and O–H groups in total. The van der Waals surface area contributed by atoms with Crippen molar-refractivity contribution < 1.29 is 9.84 Å². The van der Waals surface area contributed by atoms with Gasteiger partial charge in [0.05, 0.1) is 12.7 Å². The molecular weight excluding hydrogens is 182 g/mol. The fourth-order valence-corrected chi connectivity index (χ4v) is 1.04. The van der Waals surface area contributed by atoms with Crippen LogP contribution in [-0.2, 0) is 4.74 Å². The van der Waals surface area contributed by atoms with E-state index in [0.29, 0.717) is 19.6 Å². The molecule has 78 valence electrons. The zero-order valence-electron chi connectivity index (χ0n) is 8.18. The van der Waals surface area contributed by atoms with Crippen molar-refractivity contribution in [1.82, 2.24) is 10.2 Å². The van der Waals surface area contributed by atoms with Crippen LogP contribution in [0.25, 0.3) is 0 Å². The summed E-state index contributed by atoms with van der Waals surface area (Å²) in [5.74, 6) is 0.720. The van der Waals surface area contributed by atoms with Gasteiger partial charge < -0.3 is 15.2 Å². The van der Waals surface area contributed by atoms with Crippen molar-refractivity contribution in [3.63, 3.8) is 0 Å². The van der Waals surface area contributed by atoms with Gasteiger partial charge in [0, 0.05) is 19.9 Å². The van der Waals surface area contributed by atoms with E-state index in [-0.39, 0.29) is 0 Å². The molecule has 1 heterocycles. The first-order valence-electron chi connectivity index (χ1n) is 4.51. The average Bonchev–Trinajstić information content (AvgIpc) is 2.20. The summed E-state index contributed by atoms with van der Waals surface area (Å²) in [6, 6.07) is 3.64. The molecule has 0 amide bonds. The molecule has 0 spiro atoms. The monoisotopic (exact) mass is 197 g/mol. The van der Waals surface area contributed by atoms with Crippen LogP contribution in [0.3, 0.4) is 0 Å². The first-order chi connectivity index (χ1) is 6.83. The summed E-state index contributed by atoms with van der Waals surface area (Å²) < 4.78 is 4.80. The number of aliphatic hydroxyl groups excluding tert-OH is 1. The smallest absolute Gasteiger partial charge is 0.148 e. The van der Waals surface area contributed by atoms with Gasteiger partial charge in [-0.25, -0.2) is 0 Å². The summed E-state index contributed by atoms with van der Waals surface area (Å²) in [6.45, 7) is 1.02. The number of aromatic nitrogens is 2. The predicted octanol–water partition coefficient (Wildman–Crippen LogP) is 0.286. The zero-order valence-corrected chi connectivity index (χ0v) is 8.18. The molecule has 0 bridgehead atoms. The van der Waals surface area contributed by atoms with Crippen molar-refractivity contribution in [2.24, 2.45) is 0 Å². The van der Waals surface area contributed by atoms with E-state index in [0.717, 1.165) is 5.82 Å². The van der Waals surface area contributed by atoms with Crippen LogP contribution in [0, 0.1) is 0 Å². The molecule has 0 saturated heterocycles. The number of nitrogens with one attached hydrogen (secondary N) is 1. The summed E-state index contributed by atoms with van der Waals surface area (Å²) in [7, 11) is 1.57. The molecule has 0 radical (unpaired) electrons. The third-order valence-electron chi connectivity index (χ3n) is 1.72. The van der Waals surface area contributed by atoms with Crippen LogP contribution in [0.15, 0.2) is 18.3 Å². The van der Waals surface area contributed by atoms with Crippen LogP contribution in [0.5, 0.6) is 0 Å². The number of hydrogen-bond donors (Lipinski definition) is 2. The summed E-state index contributed by atoms with van der Waals surface area (Å²) in [5.41, 5.74) is 0. The van der Waals surface area contributed by atoms with Gasteiger partial charge in [-0.05, 0) is 18.6 Å². The number of ether oxygens (including phenoxy) is 1. The Morgan fingerprint density at radius 1 is 1.64 bits per heavy atom. The Bertz CT molecular complexity index is 243. The lowest BCUT2D eigenvalue weighted by molar-refractivity contribution is 0.0615. The van der Waals surface area contributed by atoms with Crippen molar-refractivity contribution in [3.05, 3.63) is 18.3 Å². The van der Waals surface area contributed by atoms with Gasteiger partial charge in [-0.1, -0.05) is 0 Å². The molecule has 0 fully saturated rings. The van der Waals surface area contributed by atoms with Crippen LogP contribution in [0.1, 0.15) is 6.42 Å². The van der Waals surface area contributed by atoms with E-state index in [1.807, 2.05) is 6.07 Å². The number of anilines is 1. The molecule has 1 aromatic heterocycles. The van der Waals surface area contributed by atoms with Gasteiger partial charge in [0.1, 0.15) is 5.82 Å². The lowest BCUT2D eigenvalue weighted by Crippen LogP contribution is -2.18. The second kappa shape index (κ2) is 6.28. The molecule has 14 heavy (non-hydrogen) atoms. The summed E-state index contributed by atoms with van der Waals surface area (Å²) in [4.78, 5) is 0. The van der Waals surface area contributed by atoms with Gasteiger partial charge in [-0.3, -0.25) is 0 Å². The molecule has 1 atom stereocenters. The van der Waals surface area contributed by atoms with Crippen LogP contribution in [0.4, 0.5) is 5.82 Å². The van der Waals surface area contributed by atoms with Gasteiger partial charge in [0.25, 0.3) is 0 Å². The van der Waals surface area contributed by atoms with Gasteiger partial charge >= 0.3 is 0 Å². The minimum absolute atomic E-state index is 0.363. The highest BCUT2D eigenvalue weighted by Gasteiger charge is 2.02. The SMILES string of the molecule is COCC(O)CCNc1cccnn1. The van der Waals surface area contributed by atoms with Gasteiger partial charge in [0.2, 0.25) is 0 Å². The highest BCUT2D eigenvalue weighted by Crippen LogP contribution is 1.99. The van der Waals surface area contributed by atoms with E-state index >= 15 is 0 Å². The molecule has 1 unspecified atom stereocenters. The molecular formula is C9H15N3O2. The summed E-state index contributed by atoms with van der Waals surface area (Å²) in [5, 5.41) is 19.9. The van der Waals surface area contributed by atoms with Crippen LogP contribution in [-0.4, -0.2) is 41.7 Å². The fraction of sp³-hybridized carbons (Fsp3) is 0.556. The fourth-order valence-electron chi connectivity index (χ4n) is 1.04. The Morgan fingerprint density at radius 2 is 2.50 bits per heavy atom. The average molecular weight is 197 g/mol.